The molecule has 23 heavy (non-hydrogen) atoms. The minimum absolute atomic E-state index is 0.843. The molecule has 2 fully saturated rings. The van der Waals surface area contributed by atoms with Gasteiger partial charge in [0.25, 0.3) is 0 Å². The summed E-state index contributed by atoms with van der Waals surface area (Å²) >= 11 is 0. The Kier molecular flexibility index (Phi) is 4.16. The number of likely N-dealkylation sites (tertiary alicyclic amines) is 1. The van der Waals surface area contributed by atoms with Crippen LogP contribution in [0.2, 0.25) is 0 Å². The number of rotatable bonds is 3. The highest BCUT2D eigenvalue weighted by molar-refractivity contribution is 5.86. The van der Waals surface area contributed by atoms with Crippen LogP contribution in [0.25, 0.3) is 11.0 Å². The van der Waals surface area contributed by atoms with E-state index in [2.05, 4.69) is 24.9 Å². The van der Waals surface area contributed by atoms with Gasteiger partial charge in [0.15, 0.2) is 5.65 Å². The Morgan fingerprint density at radius 1 is 1.04 bits per heavy atom. The lowest BCUT2D eigenvalue weighted by Gasteiger charge is -2.36. The molecule has 0 radical (unpaired) electrons. The van der Waals surface area contributed by atoms with Crippen molar-refractivity contribution in [2.45, 2.75) is 32.1 Å². The Bertz CT molecular complexity index is 652. The lowest BCUT2D eigenvalue weighted by molar-refractivity contribution is 0.181. The van der Waals surface area contributed by atoms with Crippen molar-refractivity contribution >= 4 is 16.9 Å². The molecule has 0 amide bonds. The Hall–Kier alpha value is -1.69. The van der Waals surface area contributed by atoms with Gasteiger partial charge in [-0.05, 0) is 44.7 Å². The average Bonchev–Trinajstić information content (AvgIpc) is 2.98. The molecule has 0 bridgehead atoms. The van der Waals surface area contributed by atoms with E-state index in [1.165, 1.54) is 51.7 Å². The molecule has 4 heterocycles. The molecule has 124 valence electrons. The van der Waals surface area contributed by atoms with Gasteiger partial charge in [-0.15, -0.1) is 0 Å². The van der Waals surface area contributed by atoms with E-state index in [1.807, 2.05) is 17.9 Å². The summed E-state index contributed by atoms with van der Waals surface area (Å²) in [5.41, 5.74) is 0.922. The summed E-state index contributed by atoms with van der Waals surface area (Å²) in [6.07, 6.45) is 10.3. The second-order valence-electron chi connectivity index (χ2n) is 6.99. The van der Waals surface area contributed by atoms with Gasteiger partial charge in [0.2, 0.25) is 0 Å². The van der Waals surface area contributed by atoms with Gasteiger partial charge in [0.1, 0.15) is 12.1 Å². The fraction of sp³-hybridized carbons (Fsp3) is 0.706. The van der Waals surface area contributed by atoms with Crippen LogP contribution in [0, 0.1) is 5.92 Å². The van der Waals surface area contributed by atoms with Crippen molar-refractivity contribution in [1.82, 2.24) is 24.6 Å². The van der Waals surface area contributed by atoms with E-state index in [0.29, 0.717) is 0 Å². The highest BCUT2D eigenvalue weighted by Gasteiger charge is 2.24. The van der Waals surface area contributed by atoms with Crippen molar-refractivity contribution in [3.05, 3.63) is 12.5 Å². The van der Waals surface area contributed by atoms with E-state index in [9.17, 15) is 0 Å². The van der Waals surface area contributed by atoms with E-state index < -0.39 is 0 Å². The molecule has 0 saturated carbocycles. The molecule has 2 aromatic heterocycles. The second-order valence-corrected chi connectivity index (χ2v) is 6.99. The molecule has 2 saturated heterocycles. The maximum Gasteiger partial charge on any atom is 0.163 e. The van der Waals surface area contributed by atoms with E-state index in [0.717, 1.165) is 35.9 Å². The third-order valence-electron chi connectivity index (χ3n) is 5.39. The fourth-order valence-corrected chi connectivity index (χ4v) is 4.04. The quantitative estimate of drug-likeness (QED) is 0.868. The number of hydrogen-bond acceptors (Lipinski definition) is 5. The molecule has 0 spiro atoms. The van der Waals surface area contributed by atoms with Crippen LogP contribution in [0.3, 0.4) is 0 Å². The number of nitrogens with zero attached hydrogens (tertiary/aromatic N) is 6. The molecule has 2 aliphatic heterocycles. The lowest BCUT2D eigenvalue weighted by Crippen LogP contribution is -2.40. The minimum Gasteiger partial charge on any atom is -0.356 e. The van der Waals surface area contributed by atoms with Crippen LogP contribution < -0.4 is 4.90 Å². The Balaban J connectivity index is 1.40. The Morgan fingerprint density at radius 3 is 2.61 bits per heavy atom. The molecule has 2 aliphatic rings. The number of aromatic nitrogens is 4. The van der Waals surface area contributed by atoms with E-state index in [4.69, 9.17) is 0 Å². The third-order valence-corrected chi connectivity index (χ3v) is 5.39. The Morgan fingerprint density at radius 2 is 1.83 bits per heavy atom. The number of anilines is 1. The van der Waals surface area contributed by atoms with Gasteiger partial charge in [-0.1, -0.05) is 6.42 Å². The van der Waals surface area contributed by atoms with E-state index in [1.54, 1.807) is 6.33 Å². The smallest absolute Gasteiger partial charge is 0.163 e. The first kappa shape index (κ1) is 14.9. The average molecular weight is 314 g/mol. The maximum absolute atomic E-state index is 4.54. The molecule has 0 unspecified atom stereocenters. The first-order valence-corrected chi connectivity index (χ1v) is 8.91. The predicted octanol–water partition coefficient (Wildman–Crippen LogP) is 2.07. The molecular weight excluding hydrogens is 288 g/mol. The second kappa shape index (κ2) is 6.43. The molecule has 0 atom stereocenters. The number of aryl methyl sites for hydroxylation is 1. The van der Waals surface area contributed by atoms with Gasteiger partial charge in [-0.3, -0.25) is 4.68 Å². The zero-order valence-corrected chi connectivity index (χ0v) is 14.0. The number of piperidine rings is 2. The molecule has 4 rings (SSSR count). The van der Waals surface area contributed by atoms with Crippen LogP contribution in [-0.4, -0.2) is 57.4 Å². The lowest BCUT2D eigenvalue weighted by atomic mass is 9.95. The van der Waals surface area contributed by atoms with E-state index >= 15 is 0 Å². The molecular formula is C17H26N6. The van der Waals surface area contributed by atoms with Crippen LogP contribution >= 0.6 is 0 Å². The largest absolute Gasteiger partial charge is 0.356 e. The summed E-state index contributed by atoms with van der Waals surface area (Å²) in [5.74, 6) is 1.90. The standard InChI is InChI=1S/C17H26N6/c1-21-16-15(11-20-21)17(19-13-18-16)23-9-5-14(6-10-23)12-22-7-3-2-4-8-22/h11,13-14H,2-10,12H2,1H3. The van der Waals surface area contributed by atoms with Crippen LogP contribution in [0.15, 0.2) is 12.5 Å². The van der Waals surface area contributed by atoms with Gasteiger partial charge >= 0.3 is 0 Å². The van der Waals surface area contributed by atoms with Crippen LogP contribution in [0.4, 0.5) is 5.82 Å². The first-order chi connectivity index (χ1) is 11.3. The molecule has 6 nitrogen and oxygen atoms in total. The minimum atomic E-state index is 0.843. The zero-order valence-electron chi connectivity index (χ0n) is 14.0. The van der Waals surface area contributed by atoms with Crippen molar-refractivity contribution < 1.29 is 0 Å². The molecule has 2 aromatic rings. The van der Waals surface area contributed by atoms with Crippen LogP contribution in [0.1, 0.15) is 32.1 Å². The summed E-state index contributed by atoms with van der Waals surface area (Å²) in [5, 5.41) is 5.40. The molecule has 0 aliphatic carbocycles. The van der Waals surface area contributed by atoms with Crippen molar-refractivity contribution in [1.29, 1.82) is 0 Å². The number of fused-ring (bicyclic) bond motifs is 1. The fourth-order valence-electron chi connectivity index (χ4n) is 4.04. The van der Waals surface area contributed by atoms with Gasteiger partial charge in [-0.2, -0.15) is 5.10 Å². The summed E-state index contributed by atoms with van der Waals surface area (Å²) in [7, 11) is 1.93. The van der Waals surface area contributed by atoms with Crippen molar-refractivity contribution in [2.24, 2.45) is 13.0 Å². The first-order valence-electron chi connectivity index (χ1n) is 8.91. The summed E-state index contributed by atoms with van der Waals surface area (Å²) in [6.45, 7) is 6.10. The van der Waals surface area contributed by atoms with E-state index in [-0.39, 0.29) is 0 Å². The molecule has 0 N–H and O–H groups in total. The third kappa shape index (κ3) is 3.04. The highest BCUT2D eigenvalue weighted by Crippen LogP contribution is 2.27. The van der Waals surface area contributed by atoms with Crippen molar-refractivity contribution in [3.8, 4) is 0 Å². The SMILES string of the molecule is Cn1ncc2c(N3CCC(CN4CCCCC4)CC3)ncnc21. The Labute approximate surface area is 137 Å². The highest BCUT2D eigenvalue weighted by atomic mass is 15.3. The van der Waals surface area contributed by atoms with Crippen LogP contribution in [-0.2, 0) is 7.05 Å². The predicted molar refractivity (Wildman–Crippen MR) is 91.5 cm³/mol. The normalized spacial score (nSPS) is 21.2. The monoisotopic (exact) mass is 314 g/mol. The van der Waals surface area contributed by atoms with Gasteiger partial charge in [0, 0.05) is 26.7 Å². The topological polar surface area (TPSA) is 50.1 Å². The van der Waals surface area contributed by atoms with Gasteiger partial charge in [-0.25, -0.2) is 9.97 Å². The van der Waals surface area contributed by atoms with Gasteiger partial charge in [0.05, 0.1) is 11.6 Å². The number of hydrogen-bond donors (Lipinski definition) is 0. The summed E-state index contributed by atoms with van der Waals surface area (Å²) in [4.78, 5) is 14.0. The van der Waals surface area contributed by atoms with Gasteiger partial charge < -0.3 is 9.80 Å². The molecule has 0 aromatic carbocycles. The van der Waals surface area contributed by atoms with Crippen molar-refractivity contribution in [3.63, 3.8) is 0 Å². The molecule has 6 heteroatoms. The maximum atomic E-state index is 4.54. The van der Waals surface area contributed by atoms with Crippen molar-refractivity contribution in [2.75, 3.05) is 37.6 Å². The summed E-state index contributed by atoms with van der Waals surface area (Å²) in [6, 6.07) is 0. The zero-order chi connectivity index (χ0) is 15.6. The summed E-state index contributed by atoms with van der Waals surface area (Å²) < 4.78 is 1.82. The van der Waals surface area contributed by atoms with Crippen LogP contribution in [0.5, 0.6) is 0 Å².